The summed E-state index contributed by atoms with van der Waals surface area (Å²) in [5.74, 6) is -0.0667. The fourth-order valence-electron chi connectivity index (χ4n) is 0.883. The summed E-state index contributed by atoms with van der Waals surface area (Å²) >= 11 is 0. The molecule has 0 aliphatic carbocycles. The van der Waals surface area contributed by atoms with E-state index >= 15 is 0 Å². The van der Waals surface area contributed by atoms with Crippen LogP contribution in [0.15, 0.2) is 0 Å². The van der Waals surface area contributed by atoms with Crippen molar-refractivity contribution >= 4 is 5.91 Å². The van der Waals surface area contributed by atoms with Crippen molar-refractivity contribution < 1.29 is 14.3 Å². The number of carbonyl (C=O) groups excluding carboxylic acids is 1. The van der Waals surface area contributed by atoms with Gasteiger partial charge in [0.2, 0.25) is 5.91 Å². The summed E-state index contributed by atoms with van der Waals surface area (Å²) in [6, 6.07) is 0. The Labute approximate surface area is 86.0 Å². The van der Waals surface area contributed by atoms with E-state index in [0.29, 0.717) is 13.2 Å². The summed E-state index contributed by atoms with van der Waals surface area (Å²) in [6.07, 6.45) is 1.52. The van der Waals surface area contributed by atoms with E-state index in [9.17, 15) is 4.79 Å². The highest BCUT2D eigenvalue weighted by atomic mass is 16.5. The molecular formula is C10H21NO3. The zero-order chi connectivity index (χ0) is 10.8. The van der Waals surface area contributed by atoms with Crippen LogP contribution in [0.4, 0.5) is 0 Å². The monoisotopic (exact) mass is 203 g/mol. The molecule has 14 heavy (non-hydrogen) atoms. The molecule has 1 atom stereocenters. The van der Waals surface area contributed by atoms with E-state index in [1.54, 1.807) is 6.92 Å². The lowest BCUT2D eigenvalue weighted by Crippen LogP contribution is -2.34. The van der Waals surface area contributed by atoms with Gasteiger partial charge in [-0.2, -0.15) is 0 Å². The molecule has 0 saturated heterocycles. The van der Waals surface area contributed by atoms with Gasteiger partial charge in [-0.05, 0) is 19.8 Å². The van der Waals surface area contributed by atoms with E-state index in [1.807, 2.05) is 0 Å². The Bertz CT molecular complexity index is 150. The molecule has 0 aliphatic heterocycles. The Morgan fingerprint density at radius 1 is 1.43 bits per heavy atom. The Balaban J connectivity index is 3.23. The van der Waals surface area contributed by atoms with Crippen LogP contribution in [0, 0.1) is 0 Å². The van der Waals surface area contributed by atoms with E-state index in [-0.39, 0.29) is 12.0 Å². The van der Waals surface area contributed by atoms with Gasteiger partial charge in [-0.3, -0.25) is 4.79 Å². The number of amides is 1. The minimum Gasteiger partial charge on any atom is -0.381 e. The van der Waals surface area contributed by atoms with Crippen molar-refractivity contribution in [3.8, 4) is 0 Å². The van der Waals surface area contributed by atoms with Crippen molar-refractivity contribution in [2.24, 2.45) is 0 Å². The van der Waals surface area contributed by atoms with Crippen molar-refractivity contribution in [3.63, 3.8) is 0 Å². The van der Waals surface area contributed by atoms with Crippen molar-refractivity contribution in [1.82, 2.24) is 5.32 Å². The van der Waals surface area contributed by atoms with Gasteiger partial charge in [0.1, 0.15) is 6.10 Å². The maximum Gasteiger partial charge on any atom is 0.248 e. The van der Waals surface area contributed by atoms with Crippen LogP contribution in [0.1, 0.15) is 26.7 Å². The molecule has 0 rings (SSSR count). The minimum absolute atomic E-state index is 0.0667. The zero-order valence-corrected chi connectivity index (χ0v) is 9.34. The van der Waals surface area contributed by atoms with Gasteiger partial charge in [-0.15, -0.1) is 0 Å². The molecule has 0 aromatic carbocycles. The van der Waals surface area contributed by atoms with Crippen molar-refractivity contribution in [2.45, 2.75) is 32.8 Å². The van der Waals surface area contributed by atoms with Crippen molar-refractivity contribution in [2.75, 3.05) is 26.9 Å². The molecule has 1 unspecified atom stereocenters. The summed E-state index contributed by atoms with van der Waals surface area (Å²) < 4.78 is 10.1. The van der Waals surface area contributed by atoms with Crippen molar-refractivity contribution in [3.05, 3.63) is 0 Å². The SMILES string of the molecule is CCCOCCCNC(=O)C(C)OC. The molecule has 1 N–H and O–H groups in total. The molecule has 84 valence electrons. The van der Waals surface area contributed by atoms with Crippen LogP contribution in [0.5, 0.6) is 0 Å². The summed E-state index contributed by atoms with van der Waals surface area (Å²) in [5.41, 5.74) is 0. The van der Waals surface area contributed by atoms with Gasteiger partial charge < -0.3 is 14.8 Å². The van der Waals surface area contributed by atoms with E-state index in [2.05, 4.69) is 12.2 Å². The first kappa shape index (κ1) is 13.4. The van der Waals surface area contributed by atoms with E-state index in [0.717, 1.165) is 19.4 Å². The quantitative estimate of drug-likeness (QED) is 0.598. The van der Waals surface area contributed by atoms with Crippen LogP contribution in [-0.4, -0.2) is 38.9 Å². The average molecular weight is 203 g/mol. The van der Waals surface area contributed by atoms with E-state index in [4.69, 9.17) is 9.47 Å². The predicted molar refractivity (Wildman–Crippen MR) is 55.2 cm³/mol. The third kappa shape index (κ3) is 6.86. The van der Waals surface area contributed by atoms with E-state index in [1.165, 1.54) is 7.11 Å². The van der Waals surface area contributed by atoms with Gasteiger partial charge in [-0.1, -0.05) is 6.92 Å². The third-order valence-corrected chi connectivity index (χ3v) is 1.84. The number of methoxy groups -OCH3 is 1. The molecule has 0 aliphatic rings. The molecule has 4 heteroatoms. The Hall–Kier alpha value is -0.610. The Morgan fingerprint density at radius 2 is 2.14 bits per heavy atom. The van der Waals surface area contributed by atoms with Gasteiger partial charge in [-0.25, -0.2) is 0 Å². The van der Waals surface area contributed by atoms with E-state index < -0.39 is 0 Å². The number of hydrogen-bond acceptors (Lipinski definition) is 3. The summed E-state index contributed by atoms with van der Waals surface area (Å²) in [7, 11) is 1.52. The highest BCUT2D eigenvalue weighted by Crippen LogP contribution is 1.88. The first-order valence-corrected chi connectivity index (χ1v) is 5.10. The fourth-order valence-corrected chi connectivity index (χ4v) is 0.883. The first-order valence-electron chi connectivity index (χ1n) is 5.10. The lowest BCUT2D eigenvalue weighted by molar-refractivity contribution is -0.130. The van der Waals surface area contributed by atoms with Crippen LogP contribution in [0.3, 0.4) is 0 Å². The molecular weight excluding hydrogens is 182 g/mol. The van der Waals surface area contributed by atoms with Gasteiger partial charge in [0.15, 0.2) is 0 Å². The second-order valence-electron chi connectivity index (χ2n) is 3.13. The summed E-state index contributed by atoms with van der Waals surface area (Å²) in [5, 5.41) is 2.77. The minimum atomic E-state index is -0.369. The summed E-state index contributed by atoms with van der Waals surface area (Å²) in [4.78, 5) is 11.2. The van der Waals surface area contributed by atoms with Gasteiger partial charge >= 0.3 is 0 Å². The standard InChI is InChI=1S/C10H21NO3/c1-4-7-14-8-5-6-11-10(12)9(2)13-3/h9H,4-8H2,1-3H3,(H,11,12). The predicted octanol–water partition coefficient (Wildman–Crippen LogP) is 0.954. The van der Waals surface area contributed by atoms with Crippen LogP contribution in [0.25, 0.3) is 0 Å². The maximum atomic E-state index is 11.2. The normalized spacial score (nSPS) is 12.5. The molecule has 0 fully saturated rings. The second-order valence-corrected chi connectivity index (χ2v) is 3.13. The molecule has 4 nitrogen and oxygen atoms in total. The van der Waals surface area contributed by atoms with Gasteiger partial charge in [0, 0.05) is 26.9 Å². The molecule has 0 aromatic heterocycles. The molecule has 0 spiro atoms. The number of hydrogen-bond donors (Lipinski definition) is 1. The maximum absolute atomic E-state index is 11.2. The molecule has 0 bridgehead atoms. The molecule has 0 heterocycles. The summed E-state index contributed by atoms with van der Waals surface area (Å²) in [6.45, 7) is 5.94. The molecule has 0 radical (unpaired) electrons. The number of carbonyl (C=O) groups is 1. The third-order valence-electron chi connectivity index (χ3n) is 1.84. The molecule has 0 aromatic rings. The van der Waals surface area contributed by atoms with Crippen LogP contribution in [0.2, 0.25) is 0 Å². The van der Waals surface area contributed by atoms with Crippen LogP contribution in [-0.2, 0) is 14.3 Å². The highest BCUT2D eigenvalue weighted by molar-refractivity contribution is 5.80. The second kappa shape index (κ2) is 8.97. The van der Waals surface area contributed by atoms with Crippen LogP contribution < -0.4 is 5.32 Å². The topological polar surface area (TPSA) is 47.6 Å². The number of nitrogens with one attached hydrogen (secondary N) is 1. The Kier molecular flexibility index (Phi) is 8.57. The zero-order valence-electron chi connectivity index (χ0n) is 9.34. The fraction of sp³-hybridized carbons (Fsp3) is 0.900. The number of ether oxygens (including phenoxy) is 2. The van der Waals surface area contributed by atoms with Gasteiger partial charge in [0.25, 0.3) is 0 Å². The van der Waals surface area contributed by atoms with Gasteiger partial charge in [0.05, 0.1) is 0 Å². The van der Waals surface area contributed by atoms with Crippen molar-refractivity contribution in [1.29, 1.82) is 0 Å². The smallest absolute Gasteiger partial charge is 0.248 e. The lowest BCUT2D eigenvalue weighted by Gasteiger charge is -2.10. The largest absolute Gasteiger partial charge is 0.381 e. The molecule has 0 saturated carbocycles. The molecule has 1 amide bonds. The highest BCUT2D eigenvalue weighted by Gasteiger charge is 2.09. The first-order chi connectivity index (χ1) is 6.72. The Morgan fingerprint density at radius 3 is 2.71 bits per heavy atom. The van der Waals surface area contributed by atoms with Crippen LogP contribution >= 0.6 is 0 Å². The average Bonchev–Trinajstić information content (AvgIpc) is 2.21. The lowest BCUT2D eigenvalue weighted by atomic mass is 10.3. The number of rotatable bonds is 8.